The molecule has 0 aliphatic carbocycles. The van der Waals surface area contributed by atoms with Gasteiger partial charge in [-0.15, -0.1) is 0 Å². The van der Waals surface area contributed by atoms with Crippen molar-refractivity contribution in [3.8, 4) is 0 Å². The number of carbonyl (C=O) groups excluding carboxylic acids is 1. The van der Waals surface area contributed by atoms with Crippen LogP contribution < -0.4 is 14.5 Å². The average molecular weight is 491 g/mol. The lowest BCUT2D eigenvalue weighted by atomic mass is 10.2. The third kappa shape index (κ3) is 5.27. The highest BCUT2D eigenvalue weighted by molar-refractivity contribution is 7.89. The molecule has 1 aliphatic heterocycles. The minimum atomic E-state index is -3.77. The van der Waals surface area contributed by atoms with E-state index in [9.17, 15) is 18.0 Å². The van der Waals surface area contributed by atoms with Gasteiger partial charge in [-0.3, -0.25) is 14.2 Å². The molecule has 0 saturated carbocycles. The molecule has 0 bridgehead atoms. The molecule has 9 nitrogen and oxygen atoms in total. The van der Waals surface area contributed by atoms with E-state index in [2.05, 4.69) is 4.72 Å². The van der Waals surface area contributed by atoms with Crippen LogP contribution in [0.25, 0.3) is 10.2 Å². The van der Waals surface area contributed by atoms with Gasteiger partial charge in [0.25, 0.3) is 0 Å². The second kappa shape index (κ2) is 9.64. The molecule has 4 rings (SSSR count). The first-order valence-corrected chi connectivity index (χ1v) is 12.8. The normalized spacial score (nSPS) is 14.5. The quantitative estimate of drug-likeness (QED) is 0.538. The molecule has 3 aromatic rings. The van der Waals surface area contributed by atoms with Crippen LogP contribution in [-0.4, -0.2) is 64.2 Å². The van der Waals surface area contributed by atoms with Gasteiger partial charge in [-0.2, -0.15) is 0 Å². The largest absolute Gasteiger partial charge is 0.378 e. The van der Waals surface area contributed by atoms with Crippen molar-refractivity contribution in [3.63, 3.8) is 0 Å². The number of amides is 1. The third-order valence-corrected chi connectivity index (χ3v) is 7.87. The van der Waals surface area contributed by atoms with Crippen molar-refractivity contribution in [2.45, 2.75) is 18.0 Å². The summed E-state index contributed by atoms with van der Waals surface area (Å²) in [5.74, 6) is -0.154. The lowest BCUT2D eigenvalue weighted by molar-refractivity contribution is -0.135. The number of anilines is 1. The zero-order valence-corrected chi connectivity index (χ0v) is 20.1. The molecule has 1 aromatic heterocycles. The number of aromatic nitrogens is 1. The molecule has 33 heavy (non-hydrogen) atoms. The van der Waals surface area contributed by atoms with E-state index in [-0.39, 0.29) is 28.8 Å². The molecule has 0 unspecified atom stereocenters. The van der Waals surface area contributed by atoms with Crippen LogP contribution in [0.4, 0.5) is 5.69 Å². The van der Waals surface area contributed by atoms with Gasteiger partial charge < -0.3 is 14.5 Å². The second-order valence-electron chi connectivity index (χ2n) is 7.96. The van der Waals surface area contributed by atoms with Crippen LogP contribution in [0.5, 0.6) is 0 Å². The molecule has 2 heterocycles. The Morgan fingerprint density at radius 2 is 1.82 bits per heavy atom. The number of nitrogens with zero attached hydrogens (tertiary/aromatic N) is 3. The average Bonchev–Trinajstić information content (AvgIpc) is 3.12. The Labute approximate surface area is 196 Å². The minimum Gasteiger partial charge on any atom is -0.378 e. The molecule has 2 aromatic carbocycles. The topological polar surface area (TPSA) is 101 Å². The number of morpholine rings is 1. The van der Waals surface area contributed by atoms with Gasteiger partial charge in [-0.1, -0.05) is 23.5 Å². The van der Waals surface area contributed by atoms with Crippen LogP contribution in [0.1, 0.15) is 5.56 Å². The molecule has 11 heteroatoms. The summed E-state index contributed by atoms with van der Waals surface area (Å²) in [5, 5.41) is 0. The van der Waals surface area contributed by atoms with Gasteiger partial charge in [-0.05, 0) is 35.9 Å². The molecular weight excluding hydrogens is 464 g/mol. The Morgan fingerprint density at radius 1 is 1.12 bits per heavy atom. The molecule has 1 saturated heterocycles. The van der Waals surface area contributed by atoms with Crippen LogP contribution in [-0.2, 0) is 32.6 Å². The maximum absolute atomic E-state index is 12.8. The number of ether oxygens (including phenoxy) is 1. The monoisotopic (exact) mass is 490 g/mol. The molecule has 1 N–H and O–H groups in total. The Kier molecular flexibility index (Phi) is 6.84. The van der Waals surface area contributed by atoms with Gasteiger partial charge in [0.1, 0.15) is 6.54 Å². The third-order valence-electron chi connectivity index (χ3n) is 5.53. The van der Waals surface area contributed by atoms with E-state index >= 15 is 0 Å². The van der Waals surface area contributed by atoms with Crippen LogP contribution in [0.2, 0.25) is 0 Å². The first-order chi connectivity index (χ1) is 15.7. The van der Waals surface area contributed by atoms with Crippen molar-refractivity contribution in [2.75, 3.05) is 45.3 Å². The van der Waals surface area contributed by atoms with Crippen LogP contribution in [0.15, 0.2) is 52.2 Å². The summed E-state index contributed by atoms with van der Waals surface area (Å²) in [6.45, 7) is 2.05. The maximum atomic E-state index is 12.8. The van der Waals surface area contributed by atoms with Gasteiger partial charge in [0.2, 0.25) is 15.9 Å². The fourth-order valence-corrected chi connectivity index (χ4v) is 5.63. The molecule has 0 atom stereocenters. The molecule has 176 valence electrons. The smallest absolute Gasteiger partial charge is 0.308 e. The van der Waals surface area contributed by atoms with E-state index < -0.39 is 10.0 Å². The molecule has 1 amide bonds. The van der Waals surface area contributed by atoms with E-state index in [1.165, 1.54) is 16.7 Å². The summed E-state index contributed by atoms with van der Waals surface area (Å²) in [6.07, 6.45) is 0. The summed E-state index contributed by atoms with van der Waals surface area (Å²) >= 11 is 0.932. The summed E-state index contributed by atoms with van der Waals surface area (Å²) in [5.41, 5.74) is 2.41. The van der Waals surface area contributed by atoms with Gasteiger partial charge in [-0.25, -0.2) is 13.1 Å². The van der Waals surface area contributed by atoms with Gasteiger partial charge in [0.15, 0.2) is 0 Å². The van der Waals surface area contributed by atoms with Crippen molar-refractivity contribution in [1.82, 2.24) is 14.2 Å². The Morgan fingerprint density at radius 3 is 2.48 bits per heavy atom. The van der Waals surface area contributed by atoms with E-state index in [1.54, 1.807) is 11.0 Å². The Bertz CT molecular complexity index is 1310. The van der Waals surface area contributed by atoms with E-state index in [4.69, 9.17) is 4.74 Å². The number of hydrogen-bond acceptors (Lipinski definition) is 7. The van der Waals surface area contributed by atoms with Crippen molar-refractivity contribution in [3.05, 3.63) is 57.7 Å². The Hall–Kier alpha value is -2.73. The van der Waals surface area contributed by atoms with Crippen molar-refractivity contribution >= 4 is 43.2 Å². The summed E-state index contributed by atoms with van der Waals surface area (Å²) in [4.78, 5) is 28.5. The highest BCUT2D eigenvalue weighted by Crippen LogP contribution is 2.22. The molecule has 0 spiro atoms. The number of benzene rings is 2. The number of fused-ring (bicyclic) bond motifs is 1. The fourth-order valence-electron chi connectivity index (χ4n) is 3.59. The van der Waals surface area contributed by atoms with Gasteiger partial charge >= 0.3 is 4.87 Å². The van der Waals surface area contributed by atoms with E-state index in [1.807, 2.05) is 43.3 Å². The predicted octanol–water partition coefficient (Wildman–Crippen LogP) is 1.47. The minimum absolute atomic E-state index is 0.0767. The SMILES string of the molecule is CN(C)c1ccc(CNS(=O)(=O)c2ccc3c(c2)sc(=O)n3CC(=O)N2CCOCC2)cc1. The van der Waals surface area contributed by atoms with Crippen molar-refractivity contribution in [1.29, 1.82) is 0 Å². The standard InChI is InChI=1S/C22H26N4O5S2/c1-24(2)17-5-3-16(4-6-17)14-23-33(29,30)18-7-8-19-20(13-18)32-22(28)26(19)15-21(27)25-9-11-31-12-10-25/h3-8,13,23H,9-12,14-15H2,1-2H3. The van der Waals surface area contributed by atoms with Crippen LogP contribution >= 0.6 is 11.3 Å². The molecule has 1 fully saturated rings. The number of nitrogens with one attached hydrogen (secondary N) is 1. The van der Waals surface area contributed by atoms with Crippen molar-refractivity contribution < 1.29 is 17.9 Å². The van der Waals surface area contributed by atoms with Gasteiger partial charge in [0, 0.05) is 39.4 Å². The number of rotatable bonds is 7. The fraction of sp³-hybridized carbons (Fsp3) is 0.364. The molecular formula is C22H26N4O5S2. The Balaban J connectivity index is 1.50. The first-order valence-electron chi connectivity index (χ1n) is 10.5. The number of hydrogen-bond donors (Lipinski definition) is 1. The van der Waals surface area contributed by atoms with Gasteiger partial charge in [0.05, 0.1) is 28.3 Å². The highest BCUT2D eigenvalue weighted by atomic mass is 32.2. The molecule has 1 aliphatic rings. The predicted molar refractivity (Wildman–Crippen MR) is 128 cm³/mol. The van der Waals surface area contributed by atoms with Crippen LogP contribution in [0.3, 0.4) is 0 Å². The number of thiazole rings is 1. The lowest BCUT2D eigenvalue weighted by Crippen LogP contribution is -2.43. The van der Waals surface area contributed by atoms with E-state index in [0.717, 1.165) is 22.6 Å². The summed E-state index contributed by atoms with van der Waals surface area (Å²) < 4.78 is 35.4. The van der Waals surface area contributed by atoms with Crippen molar-refractivity contribution in [2.24, 2.45) is 0 Å². The van der Waals surface area contributed by atoms with E-state index in [0.29, 0.717) is 36.5 Å². The summed E-state index contributed by atoms with van der Waals surface area (Å²) in [7, 11) is 0.103. The number of carbonyl (C=O) groups is 1. The lowest BCUT2D eigenvalue weighted by Gasteiger charge is -2.26. The zero-order chi connectivity index (χ0) is 23.6. The first kappa shape index (κ1) is 23.4. The molecule has 0 radical (unpaired) electrons. The number of sulfonamides is 1. The maximum Gasteiger partial charge on any atom is 0.308 e. The summed E-state index contributed by atoms with van der Waals surface area (Å²) in [6, 6.07) is 12.1. The second-order valence-corrected chi connectivity index (χ2v) is 10.7. The van der Waals surface area contributed by atoms with Crippen LogP contribution in [0, 0.1) is 0 Å². The highest BCUT2D eigenvalue weighted by Gasteiger charge is 2.21. The zero-order valence-electron chi connectivity index (χ0n) is 18.5.